The van der Waals surface area contributed by atoms with Gasteiger partial charge in [-0.15, -0.1) is 0 Å². The molecule has 88 valence electrons. The van der Waals surface area contributed by atoms with E-state index in [1.807, 2.05) is 0 Å². The molecule has 2 rings (SSSR count). The predicted octanol–water partition coefficient (Wildman–Crippen LogP) is 1.42. The summed E-state index contributed by atoms with van der Waals surface area (Å²) in [5.74, 6) is -0.798. The lowest BCUT2D eigenvalue weighted by molar-refractivity contribution is 0.556. The molecule has 0 saturated heterocycles. The van der Waals surface area contributed by atoms with E-state index in [1.165, 1.54) is 24.5 Å². The molecule has 2 aromatic heterocycles. The Morgan fingerprint density at radius 2 is 1.82 bits per heavy atom. The van der Waals surface area contributed by atoms with Crippen LogP contribution in [0.5, 0.6) is 0 Å². The molecule has 7 heteroatoms. The van der Waals surface area contributed by atoms with Crippen molar-refractivity contribution in [3.8, 4) is 0 Å². The minimum atomic E-state index is -4.04. The van der Waals surface area contributed by atoms with Crippen molar-refractivity contribution in [1.82, 2.24) is 9.97 Å². The predicted molar refractivity (Wildman–Crippen MR) is 59.2 cm³/mol. The number of sulfonamides is 1. The monoisotopic (exact) mass is 253 g/mol. The molecule has 2 heterocycles. The first-order chi connectivity index (χ1) is 8.09. The fraction of sp³-hybridized carbons (Fsp3) is 0. The van der Waals surface area contributed by atoms with Gasteiger partial charge in [0.15, 0.2) is 5.82 Å². The van der Waals surface area contributed by atoms with Crippen LogP contribution in [0.15, 0.2) is 47.8 Å². The van der Waals surface area contributed by atoms with Crippen LogP contribution in [0, 0.1) is 5.82 Å². The highest BCUT2D eigenvalue weighted by molar-refractivity contribution is 7.92. The van der Waals surface area contributed by atoms with Crippen molar-refractivity contribution in [2.45, 2.75) is 5.03 Å². The van der Waals surface area contributed by atoms with Gasteiger partial charge in [-0.25, -0.2) is 14.4 Å². The maximum atomic E-state index is 13.3. The van der Waals surface area contributed by atoms with Gasteiger partial charge >= 0.3 is 0 Å². The van der Waals surface area contributed by atoms with Crippen LogP contribution in [-0.2, 0) is 10.0 Å². The Kier molecular flexibility index (Phi) is 3.01. The van der Waals surface area contributed by atoms with Gasteiger partial charge < -0.3 is 0 Å². The topological polar surface area (TPSA) is 72.0 Å². The van der Waals surface area contributed by atoms with Crippen LogP contribution in [-0.4, -0.2) is 18.4 Å². The summed E-state index contributed by atoms with van der Waals surface area (Å²) in [5.41, 5.74) is 0. The summed E-state index contributed by atoms with van der Waals surface area (Å²) in [5, 5.41) is -0.648. The maximum Gasteiger partial charge on any atom is 0.283 e. The Bertz CT molecular complexity index is 616. The van der Waals surface area contributed by atoms with Crippen LogP contribution in [0.25, 0.3) is 0 Å². The van der Waals surface area contributed by atoms with Crippen molar-refractivity contribution < 1.29 is 12.8 Å². The molecule has 0 aromatic carbocycles. The van der Waals surface area contributed by atoms with Gasteiger partial charge in [0, 0.05) is 12.4 Å². The first-order valence-corrected chi connectivity index (χ1v) is 6.12. The zero-order valence-corrected chi connectivity index (χ0v) is 9.36. The quantitative estimate of drug-likeness (QED) is 0.897. The number of pyridine rings is 2. The summed E-state index contributed by atoms with van der Waals surface area (Å²) in [6, 6.07) is 7.05. The van der Waals surface area contributed by atoms with Crippen LogP contribution >= 0.6 is 0 Å². The van der Waals surface area contributed by atoms with Gasteiger partial charge in [0.1, 0.15) is 5.82 Å². The van der Waals surface area contributed by atoms with Gasteiger partial charge in [0.25, 0.3) is 10.0 Å². The van der Waals surface area contributed by atoms with E-state index in [9.17, 15) is 12.8 Å². The molecule has 0 saturated carbocycles. The summed E-state index contributed by atoms with van der Waals surface area (Å²) in [4.78, 5) is 7.27. The number of hydrogen-bond acceptors (Lipinski definition) is 4. The highest BCUT2D eigenvalue weighted by atomic mass is 32.2. The van der Waals surface area contributed by atoms with E-state index in [-0.39, 0.29) is 5.82 Å². The van der Waals surface area contributed by atoms with Crippen molar-refractivity contribution in [3.05, 3.63) is 48.5 Å². The molecule has 5 nitrogen and oxygen atoms in total. The van der Waals surface area contributed by atoms with Crippen LogP contribution in [0.4, 0.5) is 10.2 Å². The van der Waals surface area contributed by atoms with Gasteiger partial charge in [-0.1, -0.05) is 6.07 Å². The van der Waals surface area contributed by atoms with Crippen LogP contribution in [0.3, 0.4) is 0 Å². The van der Waals surface area contributed by atoms with E-state index in [0.717, 1.165) is 6.07 Å². The third-order valence-corrected chi connectivity index (χ3v) is 3.17. The molecule has 0 aliphatic rings. The third-order valence-electron chi connectivity index (χ3n) is 1.88. The van der Waals surface area contributed by atoms with Crippen molar-refractivity contribution in [3.63, 3.8) is 0 Å². The summed E-state index contributed by atoms with van der Waals surface area (Å²) in [6.07, 6.45) is 2.63. The lowest BCUT2D eigenvalue weighted by atomic mass is 10.5. The van der Waals surface area contributed by atoms with E-state index in [1.54, 1.807) is 12.1 Å². The number of rotatable bonds is 3. The summed E-state index contributed by atoms with van der Waals surface area (Å²) >= 11 is 0. The minimum Gasteiger partial charge on any atom is -0.262 e. The SMILES string of the molecule is O=S(=O)(Nc1ccccn1)c1ncccc1F. The van der Waals surface area contributed by atoms with Crippen LogP contribution < -0.4 is 4.72 Å². The van der Waals surface area contributed by atoms with Gasteiger partial charge in [0.2, 0.25) is 5.03 Å². The molecule has 2 aromatic rings. The molecule has 0 aliphatic carbocycles. The molecule has 0 atom stereocenters. The normalized spacial score (nSPS) is 11.1. The molecule has 0 aliphatic heterocycles. The second-order valence-electron chi connectivity index (χ2n) is 3.11. The number of nitrogens with one attached hydrogen (secondary N) is 1. The molecule has 0 fully saturated rings. The second-order valence-corrected chi connectivity index (χ2v) is 4.71. The lowest BCUT2D eigenvalue weighted by Gasteiger charge is -2.06. The first kappa shape index (κ1) is 11.5. The van der Waals surface area contributed by atoms with E-state index >= 15 is 0 Å². The van der Waals surface area contributed by atoms with Gasteiger partial charge in [-0.3, -0.25) is 4.72 Å². The average molecular weight is 253 g/mol. The van der Waals surface area contributed by atoms with E-state index in [4.69, 9.17) is 0 Å². The molecule has 0 amide bonds. The van der Waals surface area contributed by atoms with Crippen molar-refractivity contribution in [2.75, 3.05) is 4.72 Å². The lowest BCUT2D eigenvalue weighted by Crippen LogP contribution is -2.16. The second kappa shape index (κ2) is 4.46. The molecule has 0 unspecified atom stereocenters. The standard InChI is InChI=1S/C10H8FN3O2S/c11-8-4-3-7-13-10(8)17(15,16)14-9-5-1-2-6-12-9/h1-7H,(H,12,14). The Labute approximate surface area is 97.4 Å². The molecular formula is C10H8FN3O2S. The number of anilines is 1. The number of halogens is 1. The maximum absolute atomic E-state index is 13.3. The minimum absolute atomic E-state index is 0.109. The van der Waals surface area contributed by atoms with Gasteiger partial charge in [0.05, 0.1) is 0 Å². The van der Waals surface area contributed by atoms with E-state index < -0.39 is 20.9 Å². The van der Waals surface area contributed by atoms with Crippen molar-refractivity contribution >= 4 is 15.8 Å². The van der Waals surface area contributed by atoms with E-state index in [0.29, 0.717) is 0 Å². The smallest absolute Gasteiger partial charge is 0.262 e. The van der Waals surface area contributed by atoms with Crippen molar-refractivity contribution in [2.24, 2.45) is 0 Å². The molecule has 0 bridgehead atoms. The first-order valence-electron chi connectivity index (χ1n) is 4.64. The number of aromatic nitrogens is 2. The summed E-state index contributed by atoms with van der Waals surface area (Å²) in [6.45, 7) is 0. The van der Waals surface area contributed by atoms with Crippen molar-refractivity contribution in [1.29, 1.82) is 0 Å². The third kappa shape index (κ3) is 2.56. The highest BCUT2D eigenvalue weighted by Gasteiger charge is 2.20. The Morgan fingerprint density at radius 1 is 1.06 bits per heavy atom. The van der Waals surface area contributed by atoms with Gasteiger partial charge in [-0.05, 0) is 24.3 Å². The van der Waals surface area contributed by atoms with Crippen LogP contribution in [0.2, 0.25) is 0 Å². The summed E-state index contributed by atoms with van der Waals surface area (Å²) < 4.78 is 39.0. The Balaban J connectivity index is 2.36. The van der Waals surface area contributed by atoms with Crippen LogP contribution in [0.1, 0.15) is 0 Å². The summed E-state index contributed by atoms with van der Waals surface area (Å²) in [7, 11) is -4.04. The number of nitrogens with zero attached hydrogens (tertiary/aromatic N) is 2. The zero-order valence-electron chi connectivity index (χ0n) is 8.54. The molecule has 1 N–H and O–H groups in total. The average Bonchev–Trinajstić information content (AvgIpc) is 2.30. The number of hydrogen-bond donors (Lipinski definition) is 1. The Hall–Kier alpha value is -2.02. The highest BCUT2D eigenvalue weighted by Crippen LogP contribution is 2.14. The molecular weight excluding hydrogens is 245 g/mol. The zero-order chi connectivity index (χ0) is 12.3. The fourth-order valence-corrected chi connectivity index (χ4v) is 2.20. The van der Waals surface area contributed by atoms with Gasteiger partial charge in [-0.2, -0.15) is 8.42 Å². The molecule has 0 radical (unpaired) electrons. The van der Waals surface area contributed by atoms with E-state index in [2.05, 4.69) is 14.7 Å². The molecule has 17 heavy (non-hydrogen) atoms. The fourth-order valence-electron chi connectivity index (χ4n) is 1.18. The molecule has 0 spiro atoms. The Morgan fingerprint density at radius 3 is 2.47 bits per heavy atom. The largest absolute Gasteiger partial charge is 0.283 e.